The molecule has 440 valence electrons. The predicted molar refractivity (Wildman–Crippen MR) is 282 cm³/mol. The Hall–Kier alpha value is -1.73. The number of nitrogens with one attached hydrogen (secondary N) is 1. The minimum Gasteiger partial charge on any atom is -0.394 e. The van der Waals surface area contributed by atoms with Gasteiger partial charge in [0.15, 0.2) is 18.9 Å². The Morgan fingerprint density at radius 1 is 0.467 bits per heavy atom. The van der Waals surface area contributed by atoms with E-state index in [1.807, 2.05) is 6.08 Å². The first kappa shape index (κ1) is 67.5. The second-order valence-electron chi connectivity index (χ2n) is 21.1. The first-order valence-electron chi connectivity index (χ1n) is 29.1. The third-order valence-corrected chi connectivity index (χ3v) is 14.8. The zero-order valence-electron chi connectivity index (χ0n) is 45.5. The van der Waals surface area contributed by atoms with Crippen LogP contribution in [0, 0.1) is 0 Å². The summed E-state index contributed by atoms with van der Waals surface area (Å²) < 4.78 is 34.2. The van der Waals surface area contributed by atoms with Gasteiger partial charge in [-0.2, -0.15) is 0 Å². The van der Waals surface area contributed by atoms with Gasteiger partial charge in [-0.1, -0.05) is 179 Å². The van der Waals surface area contributed by atoms with E-state index in [9.17, 15) is 61.0 Å². The van der Waals surface area contributed by atoms with E-state index in [0.717, 1.165) is 38.5 Å². The zero-order valence-corrected chi connectivity index (χ0v) is 45.5. The largest absolute Gasteiger partial charge is 0.394 e. The molecule has 0 aromatic rings. The van der Waals surface area contributed by atoms with Gasteiger partial charge in [0.2, 0.25) is 5.91 Å². The van der Waals surface area contributed by atoms with Gasteiger partial charge in [-0.05, 0) is 32.1 Å². The maximum Gasteiger partial charge on any atom is 0.220 e. The summed E-state index contributed by atoms with van der Waals surface area (Å²) in [5.41, 5.74) is 0. The van der Waals surface area contributed by atoms with Crippen LogP contribution < -0.4 is 5.32 Å². The number of hydrogen-bond acceptors (Lipinski definition) is 18. The Labute approximate surface area is 448 Å². The van der Waals surface area contributed by atoms with Crippen LogP contribution in [0.2, 0.25) is 0 Å². The molecule has 0 aromatic carbocycles. The Balaban J connectivity index is 1.51. The molecule has 75 heavy (non-hydrogen) atoms. The standard InChI is InChI=1S/C56H103NO18/c1-3-5-7-9-11-13-15-16-17-18-19-20-21-22-23-24-25-27-29-31-33-40(61)39(57-44(62)34-32-30-28-26-14-12-10-8-6-4-2)38-70-54-50(68)47(65)52(42(36-59)72-54)75-56-51(69)48(66)53(43(37-60)73-56)74-55-49(67)46(64)45(63)41(35-58)71-55/h24-25,31,33,39-43,45-56,58-61,63-69H,3-23,26-30,32,34-38H2,1-2H3,(H,57,62)/b25-24+,33-31+. The molecule has 3 rings (SSSR count). The summed E-state index contributed by atoms with van der Waals surface area (Å²) in [6.07, 6.45) is 13.2. The number of carbonyl (C=O) groups is 1. The predicted octanol–water partition coefficient (Wildman–Crippen LogP) is 4.37. The van der Waals surface area contributed by atoms with Crippen molar-refractivity contribution in [1.29, 1.82) is 0 Å². The number of hydrogen-bond donors (Lipinski definition) is 12. The third kappa shape index (κ3) is 25.1. The van der Waals surface area contributed by atoms with Gasteiger partial charge in [-0.3, -0.25) is 4.79 Å². The van der Waals surface area contributed by atoms with Gasteiger partial charge < -0.3 is 89.9 Å². The van der Waals surface area contributed by atoms with Gasteiger partial charge in [0, 0.05) is 6.42 Å². The van der Waals surface area contributed by atoms with Crippen LogP contribution in [-0.4, -0.2) is 193 Å². The van der Waals surface area contributed by atoms with Crippen LogP contribution in [0.15, 0.2) is 24.3 Å². The van der Waals surface area contributed by atoms with E-state index in [4.69, 9.17) is 28.4 Å². The van der Waals surface area contributed by atoms with Crippen molar-refractivity contribution in [1.82, 2.24) is 5.32 Å². The lowest BCUT2D eigenvalue weighted by Gasteiger charge is -2.48. The van der Waals surface area contributed by atoms with Crippen molar-refractivity contribution in [3.8, 4) is 0 Å². The van der Waals surface area contributed by atoms with E-state index in [-0.39, 0.29) is 18.9 Å². The molecule has 0 bridgehead atoms. The molecule has 0 aromatic heterocycles. The molecular weight excluding hydrogens is 975 g/mol. The van der Waals surface area contributed by atoms with Crippen molar-refractivity contribution >= 4 is 5.91 Å². The molecule has 3 aliphatic rings. The van der Waals surface area contributed by atoms with E-state index in [2.05, 4.69) is 31.3 Å². The number of aliphatic hydroxyl groups excluding tert-OH is 11. The molecule has 3 fully saturated rings. The minimum absolute atomic E-state index is 0.238. The van der Waals surface area contributed by atoms with Crippen LogP contribution >= 0.6 is 0 Å². The lowest BCUT2D eigenvalue weighted by Crippen LogP contribution is -2.66. The molecular formula is C56H103NO18. The number of rotatable bonds is 42. The van der Waals surface area contributed by atoms with Crippen LogP contribution in [0.1, 0.15) is 194 Å². The quantitative estimate of drug-likeness (QED) is 0.0298. The van der Waals surface area contributed by atoms with Gasteiger partial charge in [0.1, 0.15) is 73.2 Å². The van der Waals surface area contributed by atoms with Gasteiger partial charge >= 0.3 is 0 Å². The molecule has 3 heterocycles. The van der Waals surface area contributed by atoms with Gasteiger partial charge in [-0.25, -0.2) is 0 Å². The molecule has 12 N–H and O–H groups in total. The summed E-state index contributed by atoms with van der Waals surface area (Å²) in [5.74, 6) is -0.288. The Morgan fingerprint density at radius 2 is 0.853 bits per heavy atom. The zero-order chi connectivity index (χ0) is 54.8. The number of carbonyl (C=O) groups excluding carboxylic acids is 1. The maximum atomic E-state index is 13.2. The smallest absolute Gasteiger partial charge is 0.220 e. The summed E-state index contributed by atoms with van der Waals surface area (Å²) in [4.78, 5) is 13.2. The highest BCUT2D eigenvalue weighted by atomic mass is 16.8. The van der Waals surface area contributed by atoms with Crippen LogP contribution in [0.3, 0.4) is 0 Å². The van der Waals surface area contributed by atoms with Crippen molar-refractivity contribution in [2.75, 3.05) is 26.4 Å². The van der Waals surface area contributed by atoms with Crippen molar-refractivity contribution in [2.24, 2.45) is 0 Å². The van der Waals surface area contributed by atoms with Crippen LogP contribution in [-0.2, 0) is 33.2 Å². The topological polar surface area (TPSA) is 307 Å². The molecule has 0 aliphatic carbocycles. The molecule has 0 saturated carbocycles. The highest BCUT2D eigenvalue weighted by molar-refractivity contribution is 5.76. The fraction of sp³-hybridized carbons (Fsp3) is 0.911. The maximum absolute atomic E-state index is 13.2. The van der Waals surface area contributed by atoms with E-state index < -0.39 is 124 Å². The SMILES string of the molecule is CCCCCCCCCCCCCCCC/C=C/CC/C=C/C(O)C(COC1OC(CO)C(OC2OC(CO)C(OC3OC(CO)C(O)C(O)C3O)C(O)C2O)C(O)C1O)NC(=O)CCCCCCCCCCCC. The Kier molecular flexibility index (Phi) is 36.4. The second-order valence-corrected chi connectivity index (χ2v) is 21.1. The second kappa shape index (κ2) is 40.4. The number of unbranched alkanes of at least 4 members (excludes halogenated alkanes) is 24. The fourth-order valence-electron chi connectivity index (χ4n) is 9.91. The van der Waals surface area contributed by atoms with Gasteiger partial charge in [0.05, 0.1) is 38.6 Å². The van der Waals surface area contributed by atoms with E-state index >= 15 is 0 Å². The lowest BCUT2D eigenvalue weighted by atomic mass is 9.96. The summed E-state index contributed by atoms with van der Waals surface area (Å²) in [6.45, 7) is 1.67. The summed E-state index contributed by atoms with van der Waals surface area (Å²) in [6, 6.07) is -0.983. The molecule has 19 heteroatoms. The summed E-state index contributed by atoms with van der Waals surface area (Å²) >= 11 is 0. The molecule has 0 spiro atoms. The molecule has 17 atom stereocenters. The minimum atomic E-state index is -1.98. The van der Waals surface area contributed by atoms with Gasteiger partial charge in [-0.15, -0.1) is 0 Å². The summed E-state index contributed by atoms with van der Waals surface area (Å²) in [7, 11) is 0. The monoisotopic (exact) mass is 1080 g/mol. The molecule has 17 unspecified atom stereocenters. The highest BCUT2D eigenvalue weighted by Gasteiger charge is 2.53. The fourth-order valence-corrected chi connectivity index (χ4v) is 9.91. The lowest BCUT2D eigenvalue weighted by molar-refractivity contribution is -0.379. The van der Waals surface area contributed by atoms with Gasteiger partial charge in [0.25, 0.3) is 0 Å². The van der Waals surface area contributed by atoms with Crippen molar-refractivity contribution in [2.45, 2.75) is 298 Å². The van der Waals surface area contributed by atoms with Crippen LogP contribution in [0.25, 0.3) is 0 Å². The van der Waals surface area contributed by atoms with E-state index in [0.29, 0.717) is 12.8 Å². The van der Waals surface area contributed by atoms with E-state index in [1.54, 1.807) is 6.08 Å². The average Bonchev–Trinajstić information content (AvgIpc) is 3.41. The van der Waals surface area contributed by atoms with Crippen LogP contribution in [0.5, 0.6) is 0 Å². The molecule has 0 radical (unpaired) electrons. The first-order chi connectivity index (χ1) is 36.3. The number of amides is 1. The number of allylic oxidation sites excluding steroid dienone is 3. The Morgan fingerprint density at radius 3 is 1.33 bits per heavy atom. The van der Waals surface area contributed by atoms with E-state index in [1.165, 1.54) is 122 Å². The third-order valence-electron chi connectivity index (χ3n) is 14.8. The normalized spacial score (nSPS) is 31.3. The molecule has 19 nitrogen and oxygen atoms in total. The first-order valence-corrected chi connectivity index (χ1v) is 29.1. The van der Waals surface area contributed by atoms with Crippen molar-refractivity contribution in [3.05, 3.63) is 24.3 Å². The van der Waals surface area contributed by atoms with Crippen molar-refractivity contribution in [3.63, 3.8) is 0 Å². The number of ether oxygens (including phenoxy) is 6. The van der Waals surface area contributed by atoms with Crippen molar-refractivity contribution < 1.29 is 89.4 Å². The summed E-state index contributed by atoms with van der Waals surface area (Å²) in [5, 5.41) is 120. The molecule has 3 aliphatic heterocycles. The molecule has 3 saturated heterocycles. The van der Waals surface area contributed by atoms with Crippen LogP contribution in [0.4, 0.5) is 0 Å². The number of aliphatic hydroxyl groups is 11. The Bertz CT molecular complexity index is 1480. The average molecular weight is 1080 g/mol. The highest BCUT2D eigenvalue weighted by Crippen LogP contribution is 2.33. The molecule has 1 amide bonds.